The summed E-state index contributed by atoms with van der Waals surface area (Å²) in [7, 11) is 0. The van der Waals surface area contributed by atoms with Crippen LogP contribution in [0.15, 0.2) is 88.8 Å². The Bertz CT molecular complexity index is 1570. The van der Waals surface area contributed by atoms with Crippen molar-refractivity contribution in [3.05, 3.63) is 95.2 Å². The molecule has 0 radical (unpaired) electrons. The normalized spacial score (nSPS) is 12.1. The van der Waals surface area contributed by atoms with Crippen LogP contribution in [0.4, 0.5) is 5.69 Å². The molecule has 3 heterocycles. The van der Waals surface area contributed by atoms with Crippen LogP contribution in [0.3, 0.4) is 0 Å². The highest BCUT2D eigenvalue weighted by atomic mass is 32.2. The number of hydrogen-bond acceptors (Lipinski definition) is 5. The molecule has 3 aromatic heterocycles. The largest absolute Gasteiger partial charge is 0.324 e. The Hall–Kier alpha value is -4.11. The summed E-state index contributed by atoms with van der Waals surface area (Å²) in [4.78, 5) is 27.9. The Morgan fingerprint density at radius 3 is 2.46 bits per heavy atom. The average molecular weight is 485 g/mol. The molecule has 1 N–H and O–H groups in total. The van der Waals surface area contributed by atoms with Gasteiger partial charge in [-0.1, -0.05) is 24.3 Å². The van der Waals surface area contributed by atoms with E-state index in [0.29, 0.717) is 28.1 Å². The number of rotatable bonds is 6. The lowest BCUT2D eigenvalue weighted by Crippen LogP contribution is -2.34. The van der Waals surface area contributed by atoms with Gasteiger partial charge < -0.3 is 9.88 Å². The van der Waals surface area contributed by atoms with Crippen LogP contribution in [-0.2, 0) is 4.79 Å². The third-order valence-electron chi connectivity index (χ3n) is 5.82. The molecule has 176 valence electrons. The fourth-order valence-corrected chi connectivity index (χ4v) is 4.47. The summed E-state index contributed by atoms with van der Waals surface area (Å²) >= 11 is 1.59. The third-order valence-corrected chi connectivity index (χ3v) is 6.54. The van der Waals surface area contributed by atoms with Crippen molar-refractivity contribution in [3.63, 3.8) is 0 Å². The summed E-state index contributed by atoms with van der Waals surface area (Å²) < 4.78 is 4.84. The zero-order valence-electron chi connectivity index (χ0n) is 19.5. The van der Waals surface area contributed by atoms with E-state index < -0.39 is 6.04 Å². The monoisotopic (exact) mass is 484 g/mol. The second-order valence-corrected chi connectivity index (χ2v) is 9.00. The van der Waals surface area contributed by atoms with Crippen LogP contribution in [0, 0.1) is 6.92 Å². The van der Waals surface area contributed by atoms with Crippen molar-refractivity contribution < 1.29 is 4.79 Å². The van der Waals surface area contributed by atoms with Gasteiger partial charge >= 0.3 is 0 Å². The van der Waals surface area contributed by atoms with Crippen molar-refractivity contribution in [1.29, 1.82) is 0 Å². The van der Waals surface area contributed by atoms with Gasteiger partial charge in [0.1, 0.15) is 16.9 Å². The first-order valence-corrected chi connectivity index (χ1v) is 12.4. The Labute approximate surface area is 206 Å². The molecule has 2 aromatic carbocycles. The lowest BCUT2D eigenvalue weighted by Gasteiger charge is -2.15. The molecule has 0 unspecified atom stereocenters. The van der Waals surface area contributed by atoms with E-state index >= 15 is 0 Å². The predicted molar refractivity (Wildman–Crippen MR) is 139 cm³/mol. The van der Waals surface area contributed by atoms with E-state index in [0.717, 1.165) is 10.6 Å². The number of para-hydroxylation sites is 1. The highest BCUT2D eigenvalue weighted by Crippen LogP contribution is 2.25. The summed E-state index contributed by atoms with van der Waals surface area (Å²) in [5, 5.41) is 12.5. The van der Waals surface area contributed by atoms with Gasteiger partial charge in [-0.3, -0.25) is 9.59 Å². The summed E-state index contributed by atoms with van der Waals surface area (Å²) in [6.45, 7) is 3.47. The molecule has 1 amide bonds. The van der Waals surface area contributed by atoms with Crippen molar-refractivity contribution in [2.24, 2.45) is 0 Å². The minimum absolute atomic E-state index is 0.324. The van der Waals surface area contributed by atoms with Crippen LogP contribution in [0.1, 0.15) is 18.7 Å². The molecular formula is C26H24N6O2S. The van der Waals surface area contributed by atoms with E-state index in [-0.39, 0.29) is 11.5 Å². The number of aryl methyl sites for hydroxylation is 1. The van der Waals surface area contributed by atoms with Crippen molar-refractivity contribution in [2.45, 2.75) is 24.8 Å². The van der Waals surface area contributed by atoms with Crippen molar-refractivity contribution in [1.82, 2.24) is 24.1 Å². The van der Waals surface area contributed by atoms with Crippen LogP contribution in [0.2, 0.25) is 0 Å². The summed E-state index contributed by atoms with van der Waals surface area (Å²) in [6, 6.07) is 20.1. The quantitative estimate of drug-likeness (QED) is 0.356. The Morgan fingerprint density at radius 2 is 1.74 bits per heavy atom. The summed E-state index contributed by atoms with van der Waals surface area (Å²) in [5.74, 6) is 0.273. The Morgan fingerprint density at radius 1 is 1.00 bits per heavy atom. The Balaban J connectivity index is 1.64. The maximum absolute atomic E-state index is 13.8. The van der Waals surface area contributed by atoms with Crippen molar-refractivity contribution >= 4 is 34.3 Å². The lowest BCUT2D eigenvalue weighted by atomic mass is 10.2. The minimum atomic E-state index is -0.832. The second kappa shape index (κ2) is 9.27. The maximum Gasteiger partial charge on any atom is 0.280 e. The molecule has 8 nitrogen and oxygen atoms in total. The molecular weight excluding hydrogens is 460 g/mol. The SMILES string of the molecule is CSc1cccc(NC(=O)[C@@H](C)n2nc(C)c3nn(-c4ccccc4)c(-n4cccc4)c3c2=O)c1. The minimum Gasteiger partial charge on any atom is -0.324 e. The number of nitrogens with one attached hydrogen (secondary N) is 1. The van der Waals surface area contributed by atoms with Gasteiger partial charge in [-0.05, 0) is 62.6 Å². The molecule has 0 aliphatic heterocycles. The first-order chi connectivity index (χ1) is 17.0. The topological polar surface area (TPSA) is 86.7 Å². The standard InChI is InChI=1S/C26H24N6O2S/c1-17-23-22(25(30-14-7-8-15-30)32(29-23)20-11-5-4-6-12-20)26(34)31(28-17)18(2)24(33)27-19-10-9-13-21(16-19)35-3/h4-16,18H,1-3H3,(H,27,33)/t18-/m1/s1. The number of carbonyl (C=O) groups is 1. The molecule has 0 aliphatic carbocycles. The number of fused-ring (bicyclic) bond motifs is 1. The molecule has 0 aliphatic rings. The molecule has 5 rings (SSSR count). The number of amides is 1. The van der Waals surface area contributed by atoms with Crippen LogP contribution < -0.4 is 10.9 Å². The fourth-order valence-electron chi connectivity index (χ4n) is 4.01. The molecule has 9 heteroatoms. The number of thioether (sulfide) groups is 1. The number of carbonyl (C=O) groups excluding carboxylic acids is 1. The smallest absolute Gasteiger partial charge is 0.280 e. The highest BCUT2D eigenvalue weighted by molar-refractivity contribution is 7.98. The van der Waals surface area contributed by atoms with Gasteiger partial charge in [0.25, 0.3) is 5.56 Å². The molecule has 0 fully saturated rings. The van der Waals surface area contributed by atoms with Crippen LogP contribution in [0.5, 0.6) is 0 Å². The molecule has 0 saturated heterocycles. The van der Waals surface area contributed by atoms with Gasteiger partial charge in [-0.15, -0.1) is 11.8 Å². The van der Waals surface area contributed by atoms with Gasteiger partial charge in [0.15, 0.2) is 5.82 Å². The van der Waals surface area contributed by atoms with E-state index in [4.69, 9.17) is 5.10 Å². The van der Waals surface area contributed by atoms with Gasteiger partial charge in [-0.25, -0.2) is 9.36 Å². The number of benzene rings is 2. The van der Waals surface area contributed by atoms with Gasteiger partial charge in [0.05, 0.1) is 11.4 Å². The molecule has 5 aromatic rings. The lowest BCUT2D eigenvalue weighted by molar-refractivity contribution is -0.119. The van der Waals surface area contributed by atoms with Gasteiger partial charge in [0, 0.05) is 23.0 Å². The molecule has 0 saturated carbocycles. The van der Waals surface area contributed by atoms with Gasteiger partial charge in [0.2, 0.25) is 5.91 Å². The maximum atomic E-state index is 13.8. The Kier molecular flexibility index (Phi) is 6.00. The first kappa shape index (κ1) is 22.7. The average Bonchev–Trinajstić information content (AvgIpc) is 3.55. The van der Waals surface area contributed by atoms with Crippen molar-refractivity contribution in [2.75, 3.05) is 11.6 Å². The molecule has 0 bridgehead atoms. The van der Waals surface area contributed by atoms with Crippen LogP contribution >= 0.6 is 11.8 Å². The number of nitrogens with zero attached hydrogens (tertiary/aromatic N) is 5. The van der Waals surface area contributed by atoms with Crippen LogP contribution in [0.25, 0.3) is 22.4 Å². The third kappa shape index (κ3) is 4.15. The predicted octanol–water partition coefficient (Wildman–Crippen LogP) is 4.60. The molecule has 35 heavy (non-hydrogen) atoms. The van der Waals surface area contributed by atoms with E-state index in [1.165, 1.54) is 4.68 Å². The van der Waals surface area contributed by atoms with E-state index in [9.17, 15) is 9.59 Å². The zero-order valence-corrected chi connectivity index (χ0v) is 20.4. The number of anilines is 1. The summed E-state index contributed by atoms with van der Waals surface area (Å²) in [6.07, 6.45) is 5.71. The molecule has 0 spiro atoms. The van der Waals surface area contributed by atoms with Gasteiger partial charge in [-0.2, -0.15) is 10.2 Å². The van der Waals surface area contributed by atoms with Crippen molar-refractivity contribution in [3.8, 4) is 11.5 Å². The van der Waals surface area contributed by atoms with Crippen LogP contribution in [-0.4, -0.2) is 36.3 Å². The van der Waals surface area contributed by atoms with E-state index in [2.05, 4.69) is 10.4 Å². The first-order valence-electron chi connectivity index (χ1n) is 11.1. The zero-order chi connectivity index (χ0) is 24.5. The second-order valence-electron chi connectivity index (χ2n) is 8.12. The molecule has 1 atom stereocenters. The number of hydrogen-bond donors (Lipinski definition) is 1. The van der Waals surface area contributed by atoms with E-state index in [1.54, 1.807) is 30.3 Å². The number of aromatic nitrogens is 5. The van der Waals surface area contributed by atoms with E-state index in [1.807, 2.05) is 89.9 Å². The summed E-state index contributed by atoms with van der Waals surface area (Å²) in [5.41, 5.74) is 2.17. The highest BCUT2D eigenvalue weighted by Gasteiger charge is 2.25. The fraction of sp³-hybridized carbons (Fsp3) is 0.154.